The number of rotatable bonds is 5. The fourth-order valence-electron chi connectivity index (χ4n) is 2.42. The zero-order valence-electron chi connectivity index (χ0n) is 13.9. The molecule has 0 aliphatic rings. The Balaban J connectivity index is 2.02. The number of imidazole rings is 1. The molecule has 0 radical (unpaired) electrons. The maximum absolute atomic E-state index is 13.0. The van der Waals surface area contributed by atoms with Gasteiger partial charge in [0.2, 0.25) is 0 Å². The number of aromatic nitrogens is 2. The van der Waals surface area contributed by atoms with E-state index in [1.807, 2.05) is 25.3 Å². The number of azo groups is 1. The van der Waals surface area contributed by atoms with Crippen LogP contribution in [0.1, 0.15) is 18.2 Å². The van der Waals surface area contributed by atoms with Gasteiger partial charge in [0.15, 0.2) is 5.82 Å². The van der Waals surface area contributed by atoms with Crippen LogP contribution in [0.15, 0.2) is 52.8 Å². The normalized spacial score (nSPS) is 11.3. The largest absolute Gasteiger partial charge is 0.466 e. The molecule has 0 unspecified atom stereocenters. The number of esters is 1. The van der Waals surface area contributed by atoms with Crippen LogP contribution >= 0.6 is 0 Å². The molecule has 0 aliphatic carbocycles. The van der Waals surface area contributed by atoms with Crippen molar-refractivity contribution in [2.75, 3.05) is 6.61 Å². The van der Waals surface area contributed by atoms with Crippen molar-refractivity contribution >= 4 is 23.1 Å². The Morgan fingerprint density at radius 1 is 1.24 bits per heavy atom. The van der Waals surface area contributed by atoms with E-state index in [2.05, 4.69) is 15.2 Å². The maximum atomic E-state index is 13.0. The minimum Gasteiger partial charge on any atom is -0.466 e. The molecule has 25 heavy (non-hydrogen) atoms. The van der Waals surface area contributed by atoms with Crippen LogP contribution < -0.4 is 0 Å². The van der Waals surface area contributed by atoms with Gasteiger partial charge < -0.3 is 4.74 Å². The summed E-state index contributed by atoms with van der Waals surface area (Å²) in [6, 6.07) is 9.47. The zero-order chi connectivity index (χ0) is 17.8. The number of aryl methyl sites for hydroxylation is 1. The van der Waals surface area contributed by atoms with Crippen molar-refractivity contribution in [2.45, 2.75) is 20.3 Å². The van der Waals surface area contributed by atoms with E-state index in [1.165, 1.54) is 24.3 Å². The molecule has 0 bridgehead atoms. The Kier molecular flexibility index (Phi) is 4.83. The van der Waals surface area contributed by atoms with E-state index in [4.69, 9.17) is 4.74 Å². The number of fused-ring (bicyclic) bond motifs is 1. The maximum Gasteiger partial charge on any atom is 0.312 e. The lowest BCUT2D eigenvalue weighted by Crippen LogP contribution is -2.07. The zero-order valence-corrected chi connectivity index (χ0v) is 13.9. The van der Waals surface area contributed by atoms with Gasteiger partial charge in [0.1, 0.15) is 11.5 Å². The topological polar surface area (TPSA) is 68.3 Å². The Labute approximate surface area is 144 Å². The molecule has 3 rings (SSSR count). The molecule has 0 fully saturated rings. The lowest BCUT2D eigenvalue weighted by molar-refractivity contribution is -0.142. The van der Waals surface area contributed by atoms with Gasteiger partial charge in [-0.2, -0.15) is 0 Å². The first-order chi connectivity index (χ1) is 12.1. The van der Waals surface area contributed by atoms with Gasteiger partial charge in [-0.3, -0.25) is 9.20 Å². The molecule has 3 aromatic rings. The molecule has 128 valence electrons. The van der Waals surface area contributed by atoms with E-state index < -0.39 is 0 Å². The van der Waals surface area contributed by atoms with Gasteiger partial charge >= 0.3 is 5.97 Å². The molecule has 0 spiro atoms. The van der Waals surface area contributed by atoms with Crippen LogP contribution in [0, 0.1) is 12.7 Å². The average molecular weight is 340 g/mol. The quantitative estimate of drug-likeness (QED) is 0.513. The molecule has 2 heterocycles. The number of hydrogen-bond donors (Lipinski definition) is 0. The SMILES string of the molecule is CCOC(=O)Cc1nc2c(C)cccn2c1N=Nc1ccc(F)cc1. The van der Waals surface area contributed by atoms with Crippen LogP contribution in [0.2, 0.25) is 0 Å². The van der Waals surface area contributed by atoms with Crippen LogP contribution in [-0.2, 0) is 16.0 Å². The molecular formula is C18H17FN4O2. The third kappa shape index (κ3) is 3.71. The Bertz CT molecular complexity index is 932. The monoisotopic (exact) mass is 340 g/mol. The van der Waals surface area contributed by atoms with E-state index in [0.29, 0.717) is 29.5 Å². The molecule has 2 aromatic heterocycles. The van der Waals surface area contributed by atoms with Crippen LogP contribution in [0.5, 0.6) is 0 Å². The number of nitrogens with zero attached hydrogens (tertiary/aromatic N) is 4. The van der Waals surface area contributed by atoms with E-state index in [0.717, 1.165) is 5.56 Å². The van der Waals surface area contributed by atoms with Crippen molar-refractivity contribution in [3.63, 3.8) is 0 Å². The summed E-state index contributed by atoms with van der Waals surface area (Å²) in [5.41, 5.74) is 2.65. The number of ether oxygens (including phenoxy) is 1. The van der Waals surface area contributed by atoms with Crippen molar-refractivity contribution < 1.29 is 13.9 Å². The summed E-state index contributed by atoms with van der Waals surface area (Å²) >= 11 is 0. The minimum absolute atomic E-state index is 0.00668. The Morgan fingerprint density at radius 2 is 2.00 bits per heavy atom. The summed E-state index contributed by atoms with van der Waals surface area (Å²) in [6.45, 7) is 3.98. The van der Waals surface area contributed by atoms with Crippen LogP contribution in [0.25, 0.3) is 5.65 Å². The smallest absolute Gasteiger partial charge is 0.312 e. The fourth-order valence-corrected chi connectivity index (χ4v) is 2.42. The van der Waals surface area contributed by atoms with Gasteiger partial charge in [0, 0.05) is 6.20 Å². The number of carbonyl (C=O) groups is 1. The lowest BCUT2D eigenvalue weighted by atomic mass is 10.3. The fraction of sp³-hybridized carbons (Fsp3) is 0.222. The van der Waals surface area contributed by atoms with E-state index in [1.54, 1.807) is 11.3 Å². The molecule has 7 heteroatoms. The first-order valence-electron chi connectivity index (χ1n) is 7.88. The summed E-state index contributed by atoms with van der Waals surface area (Å²) in [4.78, 5) is 16.4. The molecule has 6 nitrogen and oxygen atoms in total. The lowest BCUT2D eigenvalue weighted by Gasteiger charge is -2.00. The Morgan fingerprint density at radius 3 is 2.72 bits per heavy atom. The molecular weight excluding hydrogens is 323 g/mol. The van der Waals surface area contributed by atoms with Gasteiger partial charge in [0.25, 0.3) is 0 Å². The van der Waals surface area contributed by atoms with E-state index >= 15 is 0 Å². The molecule has 0 atom stereocenters. The third-order valence-corrected chi connectivity index (χ3v) is 3.59. The Hall–Kier alpha value is -3.09. The van der Waals surface area contributed by atoms with Gasteiger partial charge in [-0.1, -0.05) is 6.07 Å². The van der Waals surface area contributed by atoms with Crippen molar-refractivity contribution in [2.24, 2.45) is 10.2 Å². The molecule has 0 saturated carbocycles. The van der Waals surface area contributed by atoms with Crippen molar-refractivity contribution in [1.29, 1.82) is 0 Å². The number of hydrogen-bond acceptors (Lipinski definition) is 5. The van der Waals surface area contributed by atoms with E-state index in [9.17, 15) is 9.18 Å². The molecule has 0 aliphatic heterocycles. The summed E-state index contributed by atoms with van der Waals surface area (Å²) in [5, 5.41) is 8.37. The van der Waals surface area contributed by atoms with Crippen LogP contribution in [0.4, 0.5) is 15.9 Å². The van der Waals surface area contributed by atoms with Crippen LogP contribution in [-0.4, -0.2) is 22.0 Å². The second-order valence-electron chi connectivity index (χ2n) is 5.43. The first-order valence-corrected chi connectivity index (χ1v) is 7.88. The summed E-state index contributed by atoms with van der Waals surface area (Å²) in [6.07, 6.45) is 1.82. The van der Waals surface area contributed by atoms with Crippen molar-refractivity contribution in [1.82, 2.24) is 9.38 Å². The van der Waals surface area contributed by atoms with Crippen molar-refractivity contribution in [3.8, 4) is 0 Å². The highest BCUT2D eigenvalue weighted by atomic mass is 19.1. The standard InChI is InChI=1S/C18H17FN4O2/c1-3-25-16(24)11-15-18(22-21-14-8-6-13(19)7-9-14)23-10-4-5-12(2)17(23)20-15/h4-10H,3,11H2,1-2H3. The first kappa shape index (κ1) is 16.8. The molecule has 1 aromatic carbocycles. The van der Waals surface area contributed by atoms with Gasteiger partial charge in [-0.15, -0.1) is 10.2 Å². The van der Waals surface area contributed by atoms with Gasteiger partial charge in [0.05, 0.1) is 24.4 Å². The highest BCUT2D eigenvalue weighted by molar-refractivity contribution is 5.74. The van der Waals surface area contributed by atoms with Gasteiger partial charge in [-0.05, 0) is 49.7 Å². The van der Waals surface area contributed by atoms with Crippen LogP contribution in [0.3, 0.4) is 0 Å². The second-order valence-corrected chi connectivity index (χ2v) is 5.43. The number of pyridine rings is 1. The summed E-state index contributed by atoms with van der Waals surface area (Å²) < 4.78 is 19.8. The van der Waals surface area contributed by atoms with E-state index in [-0.39, 0.29) is 18.2 Å². The second kappa shape index (κ2) is 7.21. The number of benzene rings is 1. The summed E-state index contributed by atoms with van der Waals surface area (Å²) in [7, 11) is 0. The van der Waals surface area contributed by atoms with Gasteiger partial charge in [-0.25, -0.2) is 9.37 Å². The molecule has 0 saturated heterocycles. The molecule has 0 N–H and O–H groups in total. The molecule has 0 amide bonds. The summed E-state index contributed by atoms with van der Waals surface area (Å²) in [5.74, 6) is -0.259. The number of carbonyl (C=O) groups excluding carboxylic acids is 1. The highest BCUT2D eigenvalue weighted by Crippen LogP contribution is 2.26. The number of halogens is 1. The minimum atomic E-state index is -0.373. The third-order valence-electron chi connectivity index (χ3n) is 3.59. The average Bonchev–Trinajstić information content (AvgIpc) is 2.93. The predicted molar refractivity (Wildman–Crippen MR) is 90.8 cm³/mol. The highest BCUT2D eigenvalue weighted by Gasteiger charge is 2.17. The predicted octanol–water partition coefficient (Wildman–Crippen LogP) is 4.30. The van der Waals surface area contributed by atoms with Crippen molar-refractivity contribution in [3.05, 3.63) is 59.7 Å².